The van der Waals surface area contributed by atoms with Gasteiger partial charge in [0.25, 0.3) is 0 Å². The lowest BCUT2D eigenvalue weighted by molar-refractivity contribution is -0.141. The Kier molecular flexibility index (Phi) is 23.5. The number of thiazole rings is 1. The molecule has 4 aromatic carbocycles. The van der Waals surface area contributed by atoms with Gasteiger partial charge in [-0.1, -0.05) is 55.7 Å². The first-order valence-corrected chi connectivity index (χ1v) is 29.9. The molecular formula is C64H77N3O13S. The smallest absolute Gasteiger partial charge is 0.339 e. The maximum atomic E-state index is 14.2. The Bertz CT molecular complexity index is 2820. The Hall–Kier alpha value is -7.11. The number of methoxy groups -OCH3 is 1. The number of hydrogen-bond acceptors (Lipinski definition) is 17. The highest BCUT2D eigenvalue weighted by Crippen LogP contribution is 2.36. The van der Waals surface area contributed by atoms with Gasteiger partial charge >= 0.3 is 29.8 Å². The number of para-hydroxylation sites is 1. The van der Waals surface area contributed by atoms with Gasteiger partial charge < -0.3 is 37.9 Å². The Balaban J connectivity index is 0.850. The van der Waals surface area contributed by atoms with Crippen molar-refractivity contribution in [2.45, 2.75) is 153 Å². The molecule has 0 atom stereocenters. The molecule has 3 aliphatic rings. The number of rotatable bonds is 29. The van der Waals surface area contributed by atoms with Crippen LogP contribution in [0.4, 0.5) is 5.13 Å². The van der Waals surface area contributed by atoms with Gasteiger partial charge in [0.15, 0.2) is 0 Å². The van der Waals surface area contributed by atoms with E-state index in [4.69, 9.17) is 48.0 Å². The lowest BCUT2D eigenvalue weighted by Gasteiger charge is -2.30. The molecular weight excluding hydrogens is 1050 g/mol. The fourth-order valence-electron chi connectivity index (χ4n) is 10.4. The number of benzene rings is 4. The number of hydrogen-bond donors (Lipinski definition) is 0. The van der Waals surface area contributed by atoms with Crippen LogP contribution >= 0.6 is 11.3 Å². The second-order valence-corrected chi connectivity index (χ2v) is 22.1. The summed E-state index contributed by atoms with van der Waals surface area (Å²) in [6.45, 7) is 5.69. The number of carbonyl (C=O) groups excluding carboxylic acids is 5. The summed E-state index contributed by atoms with van der Waals surface area (Å²) in [5, 5.41) is 7.79. The predicted octanol–water partition coefficient (Wildman–Crippen LogP) is 13.4. The molecule has 1 aromatic heterocycles. The third kappa shape index (κ3) is 18.7. The van der Waals surface area contributed by atoms with Crippen molar-refractivity contribution < 1.29 is 61.9 Å². The van der Waals surface area contributed by atoms with Crippen LogP contribution in [0, 0.1) is 11.8 Å². The third-order valence-electron chi connectivity index (χ3n) is 15.1. The molecule has 3 saturated carbocycles. The molecule has 17 heteroatoms. The van der Waals surface area contributed by atoms with Crippen molar-refractivity contribution in [2.24, 2.45) is 16.9 Å². The number of anilines is 1. The Morgan fingerprint density at radius 1 is 0.605 bits per heavy atom. The quantitative estimate of drug-likeness (QED) is 0.00836. The molecule has 8 rings (SSSR count). The van der Waals surface area contributed by atoms with E-state index in [1.165, 1.54) is 0 Å². The topological polar surface area (TPSA) is 188 Å². The van der Waals surface area contributed by atoms with Gasteiger partial charge in [0.1, 0.15) is 35.2 Å². The van der Waals surface area contributed by atoms with Crippen molar-refractivity contribution in [3.05, 3.63) is 120 Å². The van der Waals surface area contributed by atoms with Gasteiger partial charge in [0.2, 0.25) is 5.13 Å². The van der Waals surface area contributed by atoms with E-state index in [9.17, 15) is 24.0 Å². The number of ether oxygens (including phenoxy) is 8. The molecule has 3 fully saturated rings. The summed E-state index contributed by atoms with van der Waals surface area (Å²) in [5.41, 5.74) is 2.01. The van der Waals surface area contributed by atoms with E-state index >= 15 is 0 Å². The van der Waals surface area contributed by atoms with E-state index in [-0.39, 0.29) is 35.3 Å². The first kappa shape index (κ1) is 60.0. The number of fused-ring (bicyclic) bond motifs is 1. The Labute approximate surface area is 479 Å². The number of unbranched alkanes of at least 4 members (excludes halogenated alkanes) is 6. The van der Waals surface area contributed by atoms with Gasteiger partial charge in [-0.15, -0.1) is 0 Å². The van der Waals surface area contributed by atoms with Crippen LogP contribution in [0.3, 0.4) is 0 Å². The minimum absolute atomic E-state index is 0.106. The lowest BCUT2D eigenvalue weighted by Crippen LogP contribution is -2.32. The van der Waals surface area contributed by atoms with Gasteiger partial charge in [-0.3, -0.25) is 9.59 Å². The minimum Gasteiger partial charge on any atom is -0.494 e. The van der Waals surface area contributed by atoms with E-state index in [1.54, 1.807) is 91.4 Å². The standard InChI is InChI=1S/C64H77N3O13S/c1-3-59(68)76-42-16-7-6-15-41-75-51-33-35-54(36-34-51)78-61(70)46-25-31-53(32-26-46)79-63(72)56-38-37-55(43-48(56)44-65-67(49-17-9-8-10-18-49)64-66-57-19-11-12-20-58(57)81-64)80-62(71)47-23-29-52(30-24-47)77-60(69)45-21-27-50(28-22-45)74-40-14-5-4-13-39-73-2/h3,11-12,19-22,27-28,33-38,43-44,46-47,49,52-53H,1,4-10,13-18,23-26,29-32,39-42H2,2H3/b65-44+. The molecule has 432 valence electrons. The number of nitrogens with zero attached hydrogens (tertiary/aromatic N) is 3. The summed E-state index contributed by atoms with van der Waals surface area (Å²) in [4.78, 5) is 70.6. The molecule has 0 unspecified atom stereocenters. The van der Waals surface area contributed by atoms with Crippen LogP contribution < -0.4 is 24.0 Å². The number of carbonyl (C=O) groups is 5. The fraction of sp³-hybridized carbons (Fsp3) is 0.484. The summed E-state index contributed by atoms with van der Waals surface area (Å²) in [7, 11) is 1.71. The average Bonchev–Trinajstić information content (AvgIpc) is 4.08. The number of esters is 5. The van der Waals surface area contributed by atoms with Crippen molar-refractivity contribution >= 4 is 62.7 Å². The maximum absolute atomic E-state index is 14.2. The zero-order valence-electron chi connectivity index (χ0n) is 46.6. The van der Waals surface area contributed by atoms with Gasteiger partial charge in [-0.25, -0.2) is 24.4 Å². The summed E-state index contributed by atoms with van der Waals surface area (Å²) >= 11 is 1.57. The molecule has 1 heterocycles. The van der Waals surface area contributed by atoms with Crippen LogP contribution in [0.15, 0.2) is 109 Å². The number of aromatic nitrogens is 1. The van der Waals surface area contributed by atoms with E-state index in [1.807, 2.05) is 29.3 Å². The molecule has 0 radical (unpaired) electrons. The van der Waals surface area contributed by atoms with Crippen molar-refractivity contribution in [3.8, 4) is 23.0 Å². The van der Waals surface area contributed by atoms with E-state index in [0.717, 1.165) is 112 Å². The van der Waals surface area contributed by atoms with Crippen LogP contribution in [-0.4, -0.2) is 92.8 Å². The predicted molar refractivity (Wildman–Crippen MR) is 310 cm³/mol. The largest absolute Gasteiger partial charge is 0.494 e. The summed E-state index contributed by atoms with van der Waals surface area (Å²) in [6, 6.07) is 27.0. The van der Waals surface area contributed by atoms with E-state index < -0.39 is 35.9 Å². The molecule has 0 N–H and O–H groups in total. The summed E-state index contributed by atoms with van der Waals surface area (Å²) in [6.07, 6.45) is 18.8. The third-order valence-corrected chi connectivity index (χ3v) is 16.1. The fourth-order valence-corrected chi connectivity index (χ4v) is 11.4. The highest BCUT2D eigenvalue weighted by Gasteiger charge is 2.33. The molecule has 0 aliphatic heterocycles. The molecule has 0 amide bonds. The number of hydrazone groups is 1. The highest BCUT2D eigenvalue weighted by molar-refractivity contribution is 7.22. The van der Waals surface area contributed by atoms with Crippen LogP contribution in [0.25, 0.3) is 10.2 Å². The SMILES string of the molecule is C=CC(=O)OCCCCCCOc1ccc(OC(=O)C2CCC(OC(=O)c3ccc(OC(=O)C4CCC(OC(=O)c5ccc(OCCCCCCOC)cc5)CC4)cc3/C=N/N(c3nc4ccccc4s3)C3CCCCC3)CC2)cc1. The minimum atomic E-state index is -0.546. The molecule has 0 bridgehead atoms. The monoisotopic (exact) mass is 1130 g/mol. The van der Waals surface area contributed by atoms with Crippen molar-refractivity contribution in [3.63, 3.8) is 0 Å². The first-order chi connectivity index (χ1) is 39.6. The van der Waals surface area contributed by atoms with Crippen LogP contribution in [0.1, 0.15) is 161 Å². The van der Waals surface area contributed by atoms with Crippen molar-refractivity contribution in [1.82, 2.24) is 4.98 Å². The van der Waals surface area contributed by atoms with E-state index in [2.05, 4.69) is 6.58 Å². The average molecular weight is 1130 g/mol. The van der Waals surface area contributed by atoms with Gasteiger partial charge in [0, 0.05) is 25.4 Å². The van der Waals surface area contributed by atoms with Crippen LogP contribution in [-0.2, 0) is 33.3 Å². The summed E-state index contributed by atoms with van der Waals surface area (Å²) < 4.78 is 46.7. The van der Waals surface area contributed by atoms with Gasteiger partial charge in [-0.2, -0.15) is 5.10 Å². The first-order valence-electron chi connectivity index (χ1n) is 29.0. The molecule has 3 aliphatic carbocycles. The molecule has 16 nitrogen and oxygen atoms in total. The van der Waals surface area contributed by atoms with Crippen molar-refractivity contribution in [1.29, 1.82) is 0 Å². The lowest BCUT2D eigenvalue weighted by atomic mass is 9.87. The normalized spacial score (nSPS) is 18.4. The zero-order chi connectivity index (χ0) is 56.6. The second kappa shape index (κ2) is 31.8. The summed E-state index contributed by atoms with van der Waals surface area (Å²) in [5.74, 6) is -0.792. The Morgan fingerprint density at radius 2 is 1.15 bits per heavy atom. The van der Waals surface area contributed by atoms with Crippen LogP contribution in [0.5, 0.6) is 23.0 Å². The zero-order valence-corrected chi connectivity index (χ0v) is 47.5. The maximum Gasteiger partial charge on any atom is 0.339 e. The Morgan fingerprint density at radius 3 is 1.75 bits per heavy atom. The second-order valence-electron chi connectivity index (χ2n) is 21.1. The van der Waals surface area contributed by atoms with Gasteiger partial charge in [0.05, 0.1) is 65.3 Å². The van der Waals surface area contributed by atoms with Gasteiger partial charge in [-0.05, 0) is 188 Å². The molecule has 81 heavy (non-hydrogen) atoms. The van der Waals surface area contributed by atoms with E-state index in [0.29, 0.717) is 99.6 Å². The molecule has 0 spiro atoms. The molecule has 0 saturated heterocycles. The molecule has 5 aromatic rings. The highest BCUT2D eigenvalue weighted by atomic mass is 32.1. The van der Waals surface area contributed by atoms with Crippen LogP contribution in [0.2, 0.25) is 0 Å². The van der Waals surface area contributed by atoms with Crippen molar-refractivity contribution in [2.75, 3.05) is 38.5 Å².